The molecule has 134 valence electrons. The summed E-state index contributed by atoms with van der Waals surface area (Å²) < 4.78 is 0.907. The fraction of sp³-hybridized carbons (Fsp3) is 0. The SMILES string of the molecule is O=C(NC(=S)Nc1ccc(N=Nc2ccccc2)cc1)c1ccc(Br)cc1. The molecule has 3 aromatic rings. The molecule has 7 heteroatoms. The molecular formula is C20H15BrN4OS. The zero-order valence-electron chi connectivity index (χ0n) is 14.1. The number of benzene rings is 3. The lowest BCUT2D eigenvalue weighted by atomic mass is 10.2. The first kappa shape index (κ1) is 18.9. The van der Waals surface area contributed by atoms with Crippen LogP contribution in [0.3, 0.4) is 0 Å². The number of hydrogen-bond acceptors (Lipinski definition) is 4. The van der Waals surface area contributed by atoms with Gasteiger partial charge in [0.2, 0.25) is 0 Å². The maximum atomic E-state index is 12.1. The molecule has 0 aliphatic rings. The van der Waals surface area contributed by atoms with Crippen LogP contribution in [-0.4, -0.2) is 11.0 Å². The molecule has 0 bridgehead atoms. The van der Waals surface area contributed by atoms with E-state index >= 15 is 0 Å². The predicted molar refractivity (Wildman–Crippen MR) is 115 cm³/mol. The molecule has 0 saturated carbocycles. The van der Waals surface area contributed by atoms with Crippen LogP contribution >= 0.6 is 28.1 Å². The Morgan fingerprint density at radius 3 is 2.04 bits per heavy atom. The van der Waals surface area contributed by atoms with Gasteiger partial charge in [0.25, 0.3) is 5.91 Å². The second-order valence-electron chi connectivity index (χ2n) is 5.50. The van der Waals surface area contributed by atoms with Crippen LogP contribution in [0.15, 0.2) is 93.6 Å². The highest BCUT2D eigenvalue weighted by molar-refractivity contribution is 9.10. The zero-order valence-corrected chi connectivity index (χ0v) is 16.5. The van der Waals surface area contributed by atoms with Gasteiger partial charge < -0.3 is 5.32 Å². The van der Waals surface area contributed by atoms with Crippen molar-refractivity contribution in [2.24, 2.45) is 10.2 Å². The summed E-state index contributed by atoms with van der Waals surface area (Å²) in [6.07, 6.45) is 0. The van der Waals surface area contributed by atoms with E-state index in [1.807, 2.05) is 54.6 Å². The van der Waals surface area contributed by atoms with Gasteiger partial charge >= 0.3 is 0 Å². The number of rotatable bonds is 4. The Hall–Kier alpha value is -2.90. The molecule has 1 amide bonds. The summed E-state index contributed by atoms with van der Waals surface area (Å²) in [6, 6.07) is 23.8. The van der Waals surface area contributed by atoms with E-state index in [9.17, 15) is 4.79 Å². The molecule has 2 N–H and O–H groups in total. The molecule has 0 aromatic heterocycles. The van der Waals surface area contributed by atoms with Crippen molar-refractivity contribution >= 4 is 56.2 Å². The molecule has 0 heterocycles. The highest BCUT2D eigenvalue weighted by atomic mass is 79.9. The zero-order chi connectivity index (χ0) is 19.1. The Bertz CT molecular complexity index is 958. The number of carbonyl (C=O) groups excluding carboxylic acids is 1. The third-order valence-corrected chi connectivity index (χ3v) is 4.23. The van der Waals surface area contributed by atoms with Crippen molar-refractivity contribution in [2.45, 2.75) is 0 Å². The van der Waals surface area contributed by atoms with E-state index in [4.69, 9.17) is 12.2 Å². The molecule has 27 heavy (non-hydrogen) atoms. The van der Waals surface area contributed by atoms with Gasteiger partial charge in [0.1, 0.15) is 0 Å². The largest absolute Gasteiger partial charge is 0.332 e. The van der Waals surface area contributed by atoms with Crippen LogP contribution in [0.5, 0.6) is 0 Å². The molecule has 0 unspecified atom stereocenters. The van der Waals surface area contributed by atoms with Crippen molar-refractivity contribution in [2.75, 3.05) is 5.32 Å². The van der Waals surface area contributed by atoms with Gasteiger partial charge in [-0.2, -0.15) is 10.2 Å². The summed E-state index contributed by atoms with van der Waals surface area (Å²) in [5.41, 5.74) is 2.78. The van der Waals surface area contributed by atoms with E-state index in [0.717, 1.165) is 15.8 Å². The van der Waals surface area contributed by atoms with E-state index in [1.165, 1.54) is 0 Å². The number of halogens is 1. The van der Waals surface area contributed by atoms with Crippen molar-refractivity contribution in [1.29, 1.82) is 0 Å². The number of carbonyl (C=O) groups is 1. The van der Waals surface area contributed by atoms with Crippen molar-refractivity contribution in [3.05, 3.63) is 88.9 Å². The fourth-order valence-corrected chi connectivity index (χ4v) is 2.64. The Labute approximate surface area is 170 Å². The smallest absolute Gasteiger partial charge is 0.257 e. The minimum Gasteiger partial charge on any atom is -0.332 e. The number of amides is 1. The summed E-state index contributed by atoms with van der Waals surface area (Å²) in [4.78, 5) is 12.1. The third kappa shape index (κ3) is 5.80. The molecule has 0 spiro atoms. The maximum Gasteiger partial charge on any atom is 0.257 e. The van der Waals surface area contributed by atoms with Crippen molar-refractivity contribution in [3.63, 3.8) is 0 Å². The Morgan fingerprint density at radius 2 is 1.41 bits per heavy atom. The molecule has 0 saturated heterocycles. The topological polar surface area (TPSA) is 65.8 Å². The molecule has 0 aliphatic heterocycles. The Morgan fingerprint density at radius 1 is 0.815 bits per heavy atom. The van der Waals surface area contributed by atoms with E-state index in [1.54, 1.807) is 24.3 Å². The first-order chi connectivity index (χ1) is 13.1. The molecule has 5 nitrogen and oxygen atoms in total. The summed E-state index contributed by atoms with van der Waals surface area (Å²) in [6.45, 7) is 0. The first-order valence-corrected chi connectivity index (χ1v) is 9.25. The van der Waals surface area contributed by atoms with Gasteiger partial charge in [-0.3, -0.25) is 10.1 Å². The average Bonchev–Trinajstić information content (AvgIpc) is 2.68. The molecular weight excluding hydrogens is 424 g/mol. The van der Waals surface area contributed by atoms with Gasteiger partial charge in [-0.1, -0.05) is 34.1 Å². The molecule has 0 aliphatic carbocycles. The Kier molecular flexibility index (Phi) is 6.40. The van der Waals surface area contributed by atoms with Crippen LogP contribution in [0.4, 0.5) is 17.1 Å². The van der Waals surface area contributed by atoms with Crippen LogP contribution in [0.1, 0.15) is 10.4 Å². The van der Waals surface area contributed by atoms with Crippen LogP contribution in [0.25, 0.3) is 0 Å². The average molecular weight is 439 g/mol. The van der Waals surface area contributed by atoms with Crippen molar-refractivity contribution in [3.8, 4) is 0 Å². The van der Waals surface area contributed by atoms with Gasteiger partial charge in [0.05, 0.1) is 11.4 Å². The molecule has 0 fully saturated rings. The Balaban J connectivity index is 1.56. The normalized spacial score (nSPS) is 10.6. The maximum absolute atomic E-state index is 12.1. The monoisotopic (exact) mass is 438 g/mol. The van der Waals surface area contributed by atoms with Crippen LogP contribution < -0.4 is 10.6 Å². The number of thiocarbonyl (C=S) groups is 1. The van der Waals surface area contributed by atoms with Gasteiger partial charge in [-0.05, 0) is 72.9 Å². The van der Waals surface area contributed by atoms with E-state index in [-0.39, 0.29) is 11.0 Å². The number of hydrogen-bond donors (Lipinski definition) is 2. The third-order valence-electron chi connectivity index (χ3n) is 3.50. The minimum atomic E-state index is -0.270. The fourth-order valence-electron chi connectivity index (χ4n) is 2.16. The van der Waals surface area contributed by atoms with Crippen LogP contribution in [0, 0.1) is 0 Å². The molecule has 0 radical (unpaired) electrons. The quantitative estimate of drug-likeness (QED) is 0.388. The molecule has 0 atom stereocenters. The minimum absolute atomic E-state index is 0.224. The highest BCUT2D eigenvalue weighted by Gasteiger charge is 2.07. The lowest BCUT2D eigenvalue weighted by Gasteiger charge is -2.09. The second kappa shape index (κ2) is 9.16. The molecule has 3 aromatic carbocycles. The van der Waals surface area contributed by atoms with Crippen molar-refractivity contribution in [1.82, 2.24) is 5.32 Å². The van der Waals surface area contributed by atoms with Crippen LogP contribution in [0.2, 0.25) is 0 Å². The lowest BCUT2D eigenvalue weighted by Crippen LogP contribution is -2.34. The second-order valence-corrected chi connectivity index (χ2v) is 6.82. The summed E-state index contributed by atoms with van der Waals surface area (Å²) in [5.74, 6) is -0.270. The standard InChI is InChI=1S/C20H15BrN4OS/c21-15-8-6-14(7-9-15)19(26)23-20(27)22-16-10-12-18(13-11-16)25-24-17-4-2-1-3-5-17/h1-13H,(H2,22,23,26,27). The lowest BCUT2D eigenvalue weighted by molar-refractivity contribution is 0.0977. The van der Waals surface area contributed by atoms with E-state index in [0.29, 0.717) is 11.3 Å². The van der Waals surface area contributed by atoms with Gasteiger partial charge in [0.15, 0.2) is 5.11 Å². The van der Waals surface area contributed by atoms with Crippen LogP contribution in [-0.2, 0) is 0 Å². The van der Waals surface area contributed by atoms with E-state index in [2.05, 4.69) is 36.8 Å². The van der Waals surface area contributed by atoms with Gasteiger partial charge in [-0.25, -0.2) is 0 Å². The van der Waals surface area contributed by atoms with Crippen molar-refractivity contribution < 1.29 is 4.79 Å². The predicted octanol–water partition coefficient (Wildman–Crippen LogP) is 5.99. The first-order valence-electron chi connectivity index (χ1n) is 8.05. The number of anilines is 1. The summed E-state index contributed by atoms with van der Waals surface area (Å²) >= 11 is 8.53. The number of nitrogens with one attached hydrogen (secondary N) is 2. The number of nitrogens with zero attached hydrogens (tertiary/aromatic N) is 2. The van der Waals surface area contributed by atoms with Gasteiger partial charge in [-0.15, -0.1) is 0 Å². The van der Waals surface area contributed by atoms with E-state index < -0.39 is 0 Å². The highest BCUT2D eigenvalue weighted by Crippen LogP contribution is 2.20. The summed E-state index contributed by atoms with van der Waals surface area (Å²) in [7, 11) is 0. The molecule has 3 rings (SSSR count). The number of azo groups is 1. The summed E-state index contributed by atoms with van der Waals surface area (Å²) in [5, 5.41) is 14.2. The van der Waals surface area contributed by atoms with Gasteiger partial charge in [0, 0.05) is 15.7 Å².